The van der Waals surface area contributed by atoms with E-state index in [1.165, 1.54) is 18.0 Å². The molecule has 1 heterocycles. The van der Waals surface area contributed by atoms with Gasteiger partial charge in [-0.05, 0) is 39.7 Å². The van der Waals surface area contributed by atoms with Gasteiger partial charge in [0.15, 0.2) is 0 Å². The molecule has 7 heteroatoms. The third kappa shape index (κ3) is 5.31. The molecule has 0 N–H and O–H groups in total. The second-order valence-electron chi connectivity index (χ2n) is 3.87. The summed E-state index contributed by atoms with van der Waals surface area (Å²) in [7, 11) is 1.61. The van der Waals surface area contributed by atoms with Crippen molar-refractivity contribution in [1.29, 1.82) is 0 Å². The first-order valence-electron chi connectivity index (χ1n) is 6.66. The lowest BCUT2D eigenvalue weighted by Crippen LogP contribution is -1.93. The van der Waals surface area contributed by atoms with Gasteiger partial charge in [-0.3, -0.25) is 10.1 Å². The molecule has 2 rings (SSSR count). The summed E-state index contributed by atoms with van der Waals surface area (Å²) in [5.41, 5.74) is 1.09. The largest absolute Gasteiger partial charge is 0.497 e. The summed E-state index contributed by atoms with van der Waals surface area (Å²) < 4.78 is 5.67. The molecular formula is C15H17BrN2O3S. The number of thioether (sulfide) groups is 1. The van der Waals surface area contributed by atoms with Crippen LogP contribution < -0.4 is 4.74 Å². The zero-order valence-electron chi connectivity index (χ0n) is 12.6. The van der Waals surface area contributed by atoms with Crippen molar-refractivity contribution in [1.82, 2.24) is 4.98 Å². The van der Waals surface area contributed by atoms with Crippen molar-refractivity contribution in [2.75, 3.05) is 7.11 Å². The number of halogens is 1. The summed E-state index contributed by atoms with van der Waals surface area (Å²) in [6.45, 7) is 4.00. The number of rotatable bonds is 5. The Labute approximate surface area is 142 Å². The molecule has 0 spiro atoms. The van der Waals surface area contributed by atoms with Crippen LogP contribution in [-0.2, 0) is 5.75 Å². The number of hydrogen-bond acceptors (Lipinski definition) is 5. The number of benzene rings is 1. The average Bonchev–Trinajstić information content (AvgIpc) is 2.55. The summed E-state index contributed by atoms with van der Waals surface area (Å²) in [4.78, 5) is 15.0. The van der Waals surface area contributed by atoms with E-state index in [9.17, 15) is 10.1 Å². The quantitative estimate of drug-likeness (QED) is 0.311. The van der Waals surface area contributed by atoms with E-state index >= 15 is 0 Å². The van der Waals surface area contributed by atoms with Gasteiger partial charge in [0.05, 0.1) is 16.9 Å². The maximum absolute atomic E-state index is 10.9. The fourth-order valence-corrected chi connectivity index (χ4v) is 3.01. The molecule has 1 aromatic carbocycles. The highest BCUT2D eigenvalue weighted by atomic mass is 79.9. The van der Waals surface area contributed by atoms with E-state index in [2.05, 4.69) is 20.9 Å². The Morgan fingerprint density at radius 2 is 1.95 bits per heavy atom. The summed E-state index contributed by atoms with van der Waals surface area (Å²) >= 11 is 4.63. The molecule has 0 saturated heterocycles. The number of pyridine rings is 1. The molecule has 2 aromatic rings. The highest BCUT2D eigenvalue weighted by Crippen LogP contribution is 2.32. The Morgan fingerprint density at radius 3 is 2.50 bits per heavy atom. The van der Waals surface area contributed by atoms with Crippen LogP contribution in [0, 0.1) is 10.1 Å². The predicted molar refractivity (Wildman–Crippen MR) is 92.5 cm³/mol. The third-order valence-electron chi connectivity index (χ3n) is 2.56. The van der Waals surface area contributed by atoms with Crippen molar-refractivity contribution < 1.29 is 9.66 Å². The topological polar surface area (TPSA) is 65.3 Å². The molecule has 0 amide bonds. The second-order valence-corrected chi connectivity index (χ2v) is 5.70. The molecule has 0 unspecified atom stereocenters. The van der Waals surface area contributed by atoms with Gasteiger partial charge in [-0.25, -0.2) is 4.98 Å². The Kier molecular flexibility index (Phi) is 7.90. The molecule has 0 bridgehead atoms. The van der Waals surface area contributed by atoms with E-state index in [0.29, 0.717) is 15.3 Å². The molecule has 0 aliphatic rings. The maximum Gasteiger partial charge on any atom is 0.301 e. The highest BCUT2D eigenvalue weighted by molar-refractivity contribution is 9.10. The number of methoxy groups -OCH3 is 1. The van der Waals surface area contributed by atoms with Crippen molar-refractivity contribution >= 4 is 33.4 Å². The molecule has 0 radical (unpaired) electrons. The van der Waals surface area contributed by atoms with Crippen LogP contribution in [0.15, 0.2) is 46.0 Å². The molecule has 1 aromatic heterocycles. The van der Waals surface area contributed by atoms with E-state index in [4.69, 9.17) is 4.74 Å². The lowest BCUT2D eigenvalue weighted by atomic mass is 10.2. The van der Waals surface area contributed by atoms with Crippen molar-refractivity contribution in [2.24, 2.45) is 0 Å². The first-order valence-corrected chi connectivity index (χ1v) is 8.43. The van der Waals surface area contributed by atoms with Crippen molar-refractivity contribution in [3.63, 3.8) is 0 Å². The number of hydrogen-bond donors (Lipinski definition) is 0. The predicted octanol–water partition coefficient (Wildman–Crippen LogP) is 5.08. The van der Waals surface area contributed by atoms with Crippen LogP contribution in [0.25, 0.3) is 0 Å². The van der Waals surface area contributed by atoms with Crippen molar-refractivity contribution in [2.45, 2.75) is 24.5 Å². The SMILES string of the molecule is CC.COc1ccc(CSc2cc(Br)ncc2[N+](=O)[O-])cc1. The zero-order valence-corrected chi connectivity index (χ0v) is 15.0. The number of ether oxygens (including phenoxy) is 1. The minimum absolute atomic E-state index is 0.0201. The van der Waals surface area contributed by atoms with Gasteiger partial charge < -0.3 is 4.74 Å². The van der Waals surface area contributed by atoms with E-state index < -0.39 is 4.92 Å². The monoisotopic (exact) mass is 384 g/mol. The van der Waals surface area contributed by atoms with Crippen LogP contribution in [0.2, 0.25) is 0 Å². The fraction of sp³-hybridized carbons (Fsp3) is 0.267. The van der Waals surface area contributed by atoms with Gasteiger partial charge in [-0.1, -0.05) is 26.0 Å². The Morgan fingerprint density at radius 1 is 1.32 bits per heavy atom. The molecular weight excluding hydrogens is 368 g/mol. The van der Waals surface area contributed by atoms with E-state index in [1.807, 2.05) is 38.1 Å². The molecule has 118 valence electrons. The first-order chi connectivity index (χ1) is 10.6. The van der Waals surface area contributed by atoms with Gasteiger partial charge in [0.1, 0.15) is 16.5 Å². The smallest absolute Gasteiger partial charge is 0.301 e. The number of nitrogens with zero attached hydrogens (tertiary/aromatic N) is 2. The summed E-state index contributed by atoms with van der Waals surface area (Å²) in [6, 6.07) is 9.27. The summed E-state index contributed by atoms with van der Waals surface area (Å²) in [5.74, 6) is 1.43. The van der Waals surface area contributed by atoms with Crippen molar-refractivity contribution in [3.8, 4) is 5.75 Å². The Balaban J connectivity index is 0.00000116. The van der Waals surface area contributed by atoms with Gasteiger partial charge in [0.2, 0.25) is 0 Å². The van der Waals surface area contributed by atoms with Crippen LogP contribution in [0.3, 0.4) is 0 Å². The van der Waals surface area contributed by atoms with Gasteiger partial charge >= 0.3 is 5.69 Å². The van der Waals surface area contributed by atoms with Crippen LogP contribution >= 0.6 is 27.7 Å². The number of nitro groups is 1. The van der Waals surface area contributed by atoms with E-state index in [1.54, 1.807) is 13.2 Å². The van der Waals surface area contributed by atoms with Gasteiger partial charge in [-0.15, -0.1) is 11.8 Å². The van der Waals surface area contributed by atoms with E-state index in [-0.39, 0.29) is 5.69 Å². The normalized spacial score (nSPS) is 9.64. The molecule has 0 fully saturated rings. The molecule has 5 nitrogen and oxygen atoms in total. The molecule has 0 atom stereocenters. The van der Waals surface area contributed by atoms with Gasteiger partial charge in [0, 0.05) is 5.75 Å². The van der Waals surface area contributed by atoms with Crippen molar-refractivity contribution in [3.05, 3.63) is 56.8 Å². The minimum atomic E-state index is -0.421. The average molecular weight is 385 g/mol. The minimum Gasteiger partial charge on any atom is -0.497 e. The van der Waals surface area contributed by atoms with Crippen LogP contribution in [0.5, 0.6) is 5.75 Å². The van der Waals surface area contributed by atoms with E-state index in [0.717, 1.165) is 11.3 Å². The lowest BCUT2D eigenvalue weighted by molar-refractivity contribution is -0.388. The highest BCUT2D eigenvalue weighted by Gasteiger charge is 2.15. The lowest BCUT2D eigenvalue weighted by Gasteiger charge is -2.05. The van der Waals surface area contributed by atoms with Crippen LogP contribution in [-0.4, -0.2) is 17.0 Å². The maximum atomic E-state index is 10.9. The first kappa shape index (κ1) is 18.4. The zero-order chi connectivity index (χ0) is 16.5. The van der Waals surface area contributed by atoms with Crippen LogP contribution in [0.4, 0.5) is 5.69 Å². The molecule has 0 aliphatic carbocycles. The van der Waals surface area contributed by atoms with Crippen LogP contribution in [0.1, 0.15) is 19.4 Å². The molecule has 22 heavy (non-hydrogen) atoms. The summed E-state index contributed by atoms with van der Waals surface area (Å²) in [6.07, 6.45) is 1.26. The second kappa shape index (κ2) is 9.42. The summed E-state index contributed by atoms with van der Waals surface area (Å²) in [5, 5.41) is 10.9. The molecule has 0 aliphatic heterocycles. The van der Waals surface area contributed by atoms with Gasteiger partial charge in [-0.2, -0.15) is 0 Å². The molecule has 0 saturated carbocycles. The van der Waals surface area contributed by atoms with Gasteiger partial charge in [0.25, 0.3) is 0 Å². The third-order valence-corrected chi connectivity index (χ3v) is 4.11. The Bertz CT molecular complexity index is 621. The number of aromatic nitrogens is 1. The standard InChI is InChI=1S/C13H11BrN2O3S.C2H6/c1-19-10-4-2-9(3-5-10)8-20-12-6-13(14)15-7-11(12)16(17)18;1-2/h2-7H,8H2,1H3;1-2H3. The fourth-order valence-electron chi connectivity index (χ4n) is 1.54. The Hall–Kier alpha value is -1.60.